The molecule has 1 aliphatic rings. The Morgan fingerprint density at radius 1 is 1.21 bits per heavy atom. The van der Waals surface area contributed by atoms with E-state index in [1.165, 1.54) is 12.2 Å². The summed E-state index contributed by atoms with van der Waals surface area (Å²) in [7, 11) is 0. The number of aliphatic hydroxyl groups is 1. The highest BCUT2D eigenvalue weighted by molar-refractivity contribution is 5.90. The average Bonchev–Trinajstić information content (AvgIpc) is 3.22. The Hall–Kier alpha value is -1.66. The van der Waals surface area contributed by atoms with Gasteiger partial charge in [0, 0.05) is 11.1 Å². The monoisotopic (exact) mass is 270 g/mol. The summed E-state index contributed by atoms with van der Waals surface area (Å²) >= 11 is 0. The fourth-order valence-electron chi connectivity index (χ4n) is 1.08. The molecule has 0 aliphatic carbocycles. The molecule has 0 aromatic rings. The molecule has 19 heavy (non-hydrogen) atoms. The Balaban J connectivity index is 2.42. The Bertz CT molecular complexity index is 392. The number of epoxide rings is 1. The molecule has 1 atom stereocenters. The molecule has 106 valence electrons. The molecule has 0 aromatic carbocycles. The lowest BCUT2D eigenvalue weighted by atomic mass is 10.2. The highest BCUT2D eigenvalue weighted by Gasteiger charge is 2.24. The van der Waals surface area contributed by atoms with Gasteiger partial charge in [-0.1, -0.05) is 12.2 Å². The van der Waals surface area contributed by atoms with Crippen LogP contribution in [0.25, 0.3) is 0 Å². The smallest absolute Gasteiger partial charge is 0.333 e. The van der Waals surface area contributed by atoms with E-state index in [2.05, 4.69) is 0 Å². The minimum atomic E-state index is -0.530. The zero-order valence-electron chi connectivity index (χ0n) is 11.0. The highest BCUT2D eigenvalue weighted by Crippen LogP contribution is 2.10. The number of rotatable bonds is 7. The van der Waals surface area contributed by atoms with Crippen molar-refractivity contribution >= 4 is 11.9 Å². The molecule has 1 fully saturated rings. The van der Waals surface area contributed by atoms with Gasteiger partial charge < -0.3 is 19.3 Å². The van der Waals surface area contributed by atoms with Gasteiger partial charge in [-0.2, -0.15) is 0 Å². The summed E-state index contributed by atoms with van der Waals surface area (Å²) in [4.78, 5) is 22.8. The van der Waals surface area contributed by atoms with Crippen molar-refractivity contribution in [2.24, 2.45) is 0 Å². The predicted molar refractivity (Wildman–Crippen MR) is 66.3 cm³/mol. The van der Waals surface area contributed by atoms with Gasteiger partial charge >= 0.3 is 11.9 Å². The Labute approximate surface area is 111 Å². The zero-order chi connectivity index (χ0) is 14.3. The highest BCUT2D eigenvalue weighted by atomic mass is 16.6. The Morgan fingerprint density at radius 2 is 1.74 bits per heavy atom. The van der Waals surface area contributed by atoms with Crippen LogP contribution >= 0.6 is 0 Å². The number of esters is 2. The second-order valence-corrected chi connectivity index (χ2v) is 4.11. The summed E-state index contributed by atoms with van der Waals surface area (Å²) in [5.74, 6) is -0.971. The maximum Gasteiger partial charge on any atom is 0.333 e. The van der Waals surface area contributed by atoms with Gasteiger partial charge in [0.1, 0.15) is 19.3 Å². The minimum Gasteiger partial charge on any atom is -0.460 e. The van der Waals surface area contributed by atoms with Crippen molar-refractivity contribution in [3.63, 3.8) is 0 Å². The molecule has 0 bridgehead atoms. The van der Waals surface area contributed by atoms with Crippen LogP contribution in [0, 0.1) is 0 Å². The van der Waals surface area contributed by atoms with Gasteiger partial charge in [0.15, 0.2) is 0 Å². The molecule has 1 heterocycles. The van der Waals surface area contributed by atoms with E-state index in [9.17, 15) is 9.59 Å². The lowest BCUT2D eigenvalue weighted by Crippen LogP contribution is -2.11. The molecule has 0 spiro atoms. The van der Waals surface area contributed by atoms with Crippen molar-refractivity contribution in [1.29, 1.82) is 0 Å². The molecular formula is C13H18O6. The Kier molecular flexibility index (Phi) is 6.24. The molecule has 1 aliphatic heterocycles. The number of ether oxygens (including phenoxy) is 3. The van der Waals surface area contributed by atoms with Crippen molar-refractivity contribution in [3.05, 3.63) is 23.3 Å². The molecule has 0 radical (unpaired) electrons. The third-order valence-corrected chi connectivity index (χ3v) is 2.35. The zero-order valence-corrected chi connectivity index (χ0v) is 11.0. The van der Waals surface area contributed by atoms with E-state index >= 15 is 0 Å². The van der Waals surface area contributed by atoms with Crippen LogP contribution in [0.4, 0.5) is 0 Å². The number of hydrogen-bond donors (Lipinski definition) is 1. The third kappa shape index (κ3) is 6.17. The fourth-order valence-corrected chi connectivity index (χ4v) is 1.08. The van der Waals surface area contributed by atoms with Crippen molar-refractivity contribution in [2.45, 2.75) is 20.0 Å². The first-order valence-electron chi connectivity index (χ1n) is 5.96. The Morgan fingerprint density at radius 3 is 2.21 bits per heavy atom. The van der Waals surface area contributed by atoms with Gasteiger partial charge in [-0.15, -0.1) is 0 Å². The summed E-state index contributed by atoms with van der Waals surface area (Å²) in [6.45, 7) is 3.78. The molecule has 1 rings (SSSR count). The van der Waals surface area contributed by atoms with Gasteiger partial charge in [-0.05, 0) is 13.8 Å². The number of carbonyl (C=O) groups excluding carboxylic acids is 2. The maximum atomic E-state index is 11.5. The number of hydrogen-bond acceptors (Lipinski definition) is 6. The largest absolute Gasteiger partial charge is 0.460 e. The van der Waals surface area contributed by atoms with Crippen molar-refractivity contribution in [1.82, 2.24) is 0 Å². The van der Waals surface area contributed by atoms with E-state index in [0.29, 0.717) is 17.8 Å². The number of aliphatic hydroxyl groups excluding tert-OH is 1. The molecule has 1 N–H and O–H groups in total. The summed E-state index contributed by atoms with van der Waals surface area (Å²) in [5.41, 5.74) is 0.723. The van der Waals surface area contributed by atoms with E-state index in [0.717, 1.165) is 0 Å². The van der Waals surface area contributed by atoms with E-state index in [1.54, 1.807) is 13.8 Å². The predicted octanol–water partition coefficient (Wildman–Crippen LogP) is 0.356. The maximum absolute atomic E-state index is 11.5. The first-order valence-corrected chi connectivity index (χ1v) is 5.96. The number of allylic oxidation sites excluding steroid dienone is 2. The number of carbonyl (C=O) groups is 2. The van der Waals surface area contributed by atoms with Crippen LogP contribution in [0.2, 0.25) is 0 Å². The third-order valence-electron chi connectivity index (χ3n) is 2.35. The average molecular weight is 270 g/mol. The van der Waals surface area contributed by atoms with Crippen molar-refractivity contribution in [3.8, 4) is 0 Å². The summed E-state index contributed by atoms with van der Waals surface area (Å²) in [5, 5.41) is 8.52. The van der Waals surface area contributed by atoms with Crippen LogP contribution in [-0.2, 0) is 23.8 Å². The lowest BCUT2D eigenvalue weighted by Gasteiger charge is -2.03. The fraction of sp³-hybridized carbons (Fsp3) is 0.538. The topological polar surface area (TPSA) is 85.4 Å². The summed E-state index contributed by atoms with van der Waals surface area (Å²) in [6, 6.07) is 0. The van der Waals surface area contributed by atoms with Crippen LogP contribution in [0.15, 0.2) is 23.3 Å². The first-order chi connectivity index (χ1) is 9.04. The second-order valence-electron chi connectivity index (χ2n) is 4.11. The lowest BCUT2D eigenvalue weighted by molar-refractivity contribution is -0.140. The van der Waals surface area contributed by atoms with Crippen LogP contribution in [-0.4, -0.2) is 49.6 Å². The molecule has 1 saturated heterocycles. The molecule has 6 heteroatoms. The van der Waals surface area contributed by atoms with E-state index in [4.69, 9.17) is 19.3 Å². The summed E-state index contributed by atoms with van der Waals surface area (Å²) in [6.07, 6.45) is 3.00. The van der Waals surface area contributed by atoms with Crippen molar-refractivity contribution < 1.29 is 28.9 Å². The molecule has 0 saturated carbocycles. The van der Waals surface area contributed by atoms with Gasteiger partial charge in [0.2, 0.25) is 0 Å². The van der Waals surface area contributed by atoms with Gasteiger partial charge in [0.05, 0.1) is 13.2 Å². The standard InChI is InChI=1S/C13H18O6/c1-9(12(15)17-6-5-14)3-4-10(2)13(16)19-8-11-7-18-11/h3-4,11,14H,5-8H2,1-2H3/b9-3+,10-4+. The van der Waals surface area contributed by atoms with Crippen molar-refractivity contribution in [2.75, 3.05) is 26.4 Å². The first kappa shape index (κ1) is 15.4. The molecular weight excluding hydrogens is 252 g/mol. The molecule has 6 nitrogen and oxygen atoms in total. The molecule has 0 aromatic heterocycles. The quantitative estimate of drug-likeness (QED) is 0.311. The SMILES string of the molecule is C/C(=C\C=C(/C)C(=O)OCC1CO1)C(=O)OCCO. The second kappa shape index (κ2) is 7.70. The van der Waals surface area contributed by atoms with Gasteiger partial charge in [0.25, 0.3) is 0 Å². The van der Waals surface area contributed by atoms with Crippen LogP contribution < -0.4 is 0 Å². The van der Waals surface area contributed by atoms with E-state index < -0.39 is 11.9 Å². The molecule has 1 unspecified atom stereocenters. The molecule has 0 amide bonds. The van der Waals surface area contributed by atoms with Crippen LogP contribution in [0.1, 0.15) is 13.8 Å². The normalized spacial score (nSPS) is 19.0. The van der Waals surface area contributed by atoms with Gasteiger partial charge in [-0.3, -0.25) is 0 Å². The van der Waals surface area contributed by atoms with Crippen LogP contribution in [0.3, 0.4) is 0 Å². The summed E-state index contributed by atoms with van der Waals surface area (Å²) < 4.78 is 14.6. The van der Waals surface area contributed by atoms with Crippen LogP contribution in [0.5, 0.6) is 0 Å². The van der Waals surface area contributed by atoms with E-state index in [1.807, 2.05) is 0 Å². The minimum absolute atomic E-state index is 0.0301. The van der Waals surface area contributed by atoms with Gasteiger partial charge in [-0.25, -0.2) is 9.59 Å². The van der Waals surface area contributed by atoms with E-state index in [-0.39, 0.29) is 25.9 Å².